The average molecular weight is 331 g/mol. The fourth-order valence-electron chi connectivity index (χ4n) is 3.26. The van der Waals surface area contributed by atoms with E-state index in [-0.39, 0.29) is 30.8 Å². The molecule has 1 aliphatic carbocycles. The van der Waals surface area contributed by atoms with Crippen LogP contribution in [0.3, 0.4) is 0 Å². The van der Waals surface area contributed by atoms with Gasteiger partial charge in [-0.05, 0) is 12.8 Å². The van der Waals surface area contributed by atoms with Crippen LogP contribution in [-0.2, 0) is 9.59 Å². The molecule has 1 saturated carbocycles. The van der Waals surface area contributed by atoms with Gasteiger partial charge in [-0.15, -0.1) is 12.4 Å². The second-order valence-corrected chi connectivity index (χ2v) is 6.29. The van der Waals surface area contributed by atoms with E-state index in [1.807, 2.05) is 0 Å². The summed E-state index contributed by atoms with van der Waals surface area (Å²) >= 11 is 0. The van der Waals surface area contributed by atoms with Crippen LogP contribution in [0.2, 0.25) is 0 Å². The Kier molecular flexibility index (Phi) is 5.28. The largest absolute Gasteiger partial charge is 0.354 e. The molecule has 3 N–H and O–H groups in total. The van der Waals surface area contributed by atoms with Gasteiger partial charge in [-0.25, -0.2) is 4.79 Å². The molecule has 22 heavy (non-hydrogen) atoms. The lowest BCUT2D eigenvalue weighted by Gasteiger charge is -2.30. The maximum atomic E-state index is 12.5. The van der Waals surface area contributed by atoms with Crippen molar-refractivity contribution in [2.75, 3.05) is 26.2 Å². The molecule has 7 nitrogen and oxygen atoms in total. The van der Waals surface area contributed by atoms with Crippen molar-refractivity contribution in [1.82, 2.24) is 20.9 Å². The predicted molar refractivity (Wildman–Crippen MR) is 82.7 cm³/mol. The molecule has 0 atom stereocenters. The monoisotopic (exact) mass is 330 g/mol. The molecular weight excluding hydrogens is 308 g/mol. The molecule has 0 aromatic heterocycles. The van der Waals surface area contributed by atoms with E-state index in [0.29, 0.717) is 25.3 Å². The first-order chi connectivity index (χ1) is 10.1. The smallest absolute Gasteiger partial charge is 0.325 e. The zero-order valence-electron chi connectivity index (χ0n) is 12.5. The predicted octanol–water partition coefficient (Wildman–Crippen LogP) is -0.00150. The summed E-state index contributed by atoms with van der Waals surface area (Å²) in [6, 6.07) is -0.428. The fourth-order valence-corrected chi connectivity index (χ4v) is 3.26. The molecule has 0 radical (unpaired) electrons. The molecule has 3 aliphatic rings. The molecular formula is C14H23ClN4O3. The number of rotatable bonds is 4. The number of imide groups is 1. The summed E-state index contributed by atoms with van der Waals surface area (Å²) in [4.78, 5) is 37.5. The van der Waals surface area contributed by atoms with Crippen molar-refractivity contribution >= 4 is 30.3 Å². The van der Waals surface area contributed by atoms with Crippen molar-refractivity contribution in [1.29, 1.82) is 0 Å². The van der Waals surface area contributed by atoms with Crippen LogP contribution in [0.4, 0.5) is 4.79 Å². The number of hydrogen-bond acceptors (Lipinski definition) is 4. The fraction of sp³-hybridized carbons (Fsp3) is 0.786. The van der Waals surface area contributed by atoms with Gasteiger partial charge in [0.1, 0.15) is 12.1 Å². The Labute approximate surface area is 136 Å². The van der Waals surface area contributed by atoms with Gasteiger partial charge in [-0.3, -0.25) is 14.5 Å². The van der Waals surface area contributed by atoms with E-state index in [2.05, 4.69) is 16.0 Å². The standard InChI is InChI=1S/C14H22N4O3.ClH/c19-11(16-8-10-6-15-7-10)9-18-12(20)14(17-13(18)21)4-2-1-3-5-14;/h10,15H,1-9H2,(H,16,19)(H,17,21);1H. The van der Waals surface area contributed by atoms with Crippen LogP contribution in [0, 0.1) is 5.92 Å². The number of hydrogen-bond donors (Lipinski definition) is 3. The van der Waals surface area contributed by atoms with Crippen LogP contribution >= 0.6 is 12.4 Å². The highest BCUT2D eigenvalue weighted by molar-refractivity contribution is 6.09. The molecule has 2 aliphatic heterocycles. The van der Waals surface area contributed by atoms with E-state index < -0.39 is 11.6 Å². The Bertz CT molecular complexity index is 461. The van der Waals surface area contributed by atoms with E-state index in [9.17, 15) is 14.4 Å². The summed E-state index contributed by atoms with van der Waals surface area (Å²) in [6.07, 6.45) is 4.36. The van der Waals surface area contributed by atoms with E-state index in [4.69, 9.17) is 0 Å². The molecule has 3 rings (SSSR count). The number of urea groups is 1. The summed E-state index contributed by atoms with van der Waals surface area (Å²) in [5, 5.41) is 8.73. The second-order valence-electron chi connectivity index (χ2n) is 6.29. The average Bonchev–Trinajstić information content (AvgIpc) is 2.63. The van der Waals surface area contributed by atoms with Crippen molar-refractivity contribution < 1.29 is 14.4 Å². The number of halogens is 1. The lowest BCUT2D eigenvalue weighted by molar-refractivity contribution is -0.135. The summed E-state index contributed by atoms with van der Waals surface area (Å²) in [7, 11) is 0. The number of amides is 4. The first-order valence-electron chi connectivity index (χ1n) is 7.72. The van der Waals surface area contributed by atoms with Gasteiger partial charge in [0.15, 0.2) is 0 Å². The van der Waals surface area contributed by atoms with Gasteiger partial charge in [0.05, 0.1) is 0 Å². The van der Waals surface area contributed by atoms with Gasteiger partial charge in [-0.2, -0.15) is 0 Å². The third-order valence-corrected chi connectivity index (χ3v) is 4.71. The zero-order chi connectivity index (χ0) is 14.9. The first-order valence-corrected chi connectivity index (χ1v) is 7.72. The van der Waals surface area contributed by atoms with Gasteiger partial charge < -0.3 is 16.0 Å². The first kappa shape index (κ1) is 17.0. The van der Waals surface area contributed by atoms with Gasteiger partial charge in [0, 0.05) is 25.6 Å². The van der Waals surface area contributed by atoms with E-state index in [1.165, 1.54) is 0 Å². The van der Waals surface area contributed by atoms with Crippen LogP contribution in [0.15, 0.2) is 0 Å². The minimum absolute atomic E-state index is 0. The topological polar surface area (TPSA) is 90.5 Å². The Morgan fingerprint density at radius 2 is 1.91 bits per heavy atom. The van der Waals surface area contributed by atoms with Gasteiger partial charge in [-0.1, -0.05) is 19.3 Å². The highest BCUT2D eigenvalue weighted by Crippen LogP contribution is 2.33. The van der Waals surface area contributed by atoms with Gasteiger partial charge in [0.2, 0.25) is 5.91 Å². The number of nitrogens with one attached hydrogen (secondary N) is 3. The summed E-state index contributed by atoms with van der Waals surface area (Å²) < 4.78 is 0. The highest BCUT2D eigenvalue weighted by atomic mass is 35.5. The van der Waals surface area contributed by atoms with E-state index in [0.717, 1.165) is 37.3 Å². The van der Waals surface area contributed by atoms with Crippen molar-refractivity contribution in [2.45, 2.75) is 37.6 Å². The van der Waals surface area contributed by atoms with E-state index >= 15 is 0 Å². The number of carbonyl (C=O) groups excluding carboxylic acids is 3. The SMILES string of the molecule is Cl.O=C(CN1C(=O)NC2(CCCCC2)C1=O)NCC1CNC1. The highest BCUT2D eigenvalue weighted by Gasteiger charge is 2.51. The molecule has 0 aromatic carbocycles. The van der Waals surface area contributed by atoms with Crippen molar-refractivity contribution in [3.05, 3.63) is 0 Å². The van der Waals surface area contributed by atoms with Crippen LogP contribution in [0.5, 0.6) is 0 Å². The Hall–Kier alpha value is -1.34. The molecule has 124 valence electrons. The van der Waals surface area contributed by atoms with Crippen LogP contribution in [0.1, 0.15) is 32.1 Å². The minimum Gasteiger partial charge on any atom is -0.354 e. The second kappa shape index (κ2) is 6.83. The lowest BCUT2D eigenvalue weighted by Crippen LogP contribution is -2.50. The molecule has 2 heterocycles. The molecule has 0 bridgehead atoms. The molecule has 1 spiro atoms. The minimum atomic E-state index is -0.743. The normalized spacial score (nSPS) is 23.7. The summed E-state index contributed by atoms with van der Waals surface area (Å²) in [5.74, 6) is -0.0346. The maximum absolute atomic E-state index is 12.5. The third kappa shape index (κ3) is 3.20. The number of nitrogens with zero attached hydrogens (tertiary/aromatic N) is 1. The zero-order valence-corrected chi connectivity index (χ0v) is 13.3. The molecule has 4 amide bonds. The third-order valence-electron chi connectivity index (χ3n) is 4.71. The van der Waals surface area contributed by atoms with Gasteiger partial charge in [0.25, 0.3) is 5.91 Å². The summed E-state index contributed by atoms with van der Waals surface area (Å²) in [5.41, 5.74) is -0.743. The Morgan fingerprint density at radius 3 is 2.50 bits per heavy atom. The van der Waals surface area contributed by atoms with E-state index in [1.54, 1.807) is 0 Å². The Morgan fingerprint density at radius 1 is 1.23 bits per heavy atom. The lowest BCUT2D eigenvalue weighted by atomic mass is 9.82. The van der Waals surface area contributed by atoms with Crippen molar-refractivity contribution in [2.24, 2.45) is 5.92 Å². The van der Waals surface area contributed by atoms with Crippen LogP contribution in [0.25, 0.3) is 0 Å². The molecule has 3 fully saturated rings. The number of carbonyl (C=O) groups is 3. The molecule has 0 unspecified atom stereocenters. The maximum Gasteiger partial charge on any atom is 0.325 e. The molecule has 0 aromatic rings. The van der Waals surface area contributed by atoms with Gasteiger partial charge >= 0.3 is 6.03 Å². The quantitative estimate of drug-likeness (QED) is 0.633. The van der Waals surface area contributed by atoms with Crippen molar-refractivity contribution in [3.8, 4) is 0 Å². The Balaban J connectivity index is 0.00000176. The van der Waals surface area contributed by atoms with Crippen LogP contribution in [-0.4, -0.2) is 54.5 Å². The molecule has 2 saturated heterocycles. The van der Waals surface area contributed by atoms with Crippen LogP contribution < -0.4 is 16.0 Å². The molecule has 8 heteroatoms. The summed E-state index contributed by atoms with van der Waals surface area (Å²) in [6.45, 7) is 2.24. The van der Waals surface area contributed by atoms with Crippen molar-refractivity contribution in [3.63, 3.8) is 0 Å².